The summed E-state index contributed by atoms with van der Waals surface area (Å²) in [5.74, 6) is 1.54. The number of nitrogens with zero attached hydrogens (tertiary/aromatic N) is 2. The van der Waals surface area contributed by atoms with E-state index in [9.17, 15) is 5.11 Å². The van der Waals surface area contributed by atoms with E-state index < -0.39 is 5.60 Å². The molecule has 2 heterocycles. The molecule has 0 unspecified atom stereocenters. The van der Waals surface area contributed by atoms with Gasteiger partial charge in [-0.25, -0.2) is 4.98 Å². The molecular formula is C15H22N2O2S. The van der Waals surface area contributed by atoms with Gasteiger partial charge in [-0.3, -0.25) is 4.90 Å². The van der Waals surface area contributed by atoms with Gasteiger partial charge in [-0.15, -0.1) is 11.3 Å². The molecule has 4 nitrogen and oxygen atoms in total. The van der Waals surface area contributed by atoms with Gasteiger partial charge in [-0.05, 0) is 38.8 Å². The Bertz CT molecular complexity index is 541. The molecule has 0 aromatic carbocycles. The Morgan fingerprint density at radius 2 is 2.20 bits per heavy atom. The quantitative estimate of drug-likeness (QED) is 0.888. The van der Waals surface area contributed by atoms with Gasteiger partial charge in [0, 0.05) is 13.1 Å². The summed E-state index contributed by atoms with van der Waals surface area (Å²) < 4.78 is 5.74. The van der Waals surface area contributed by atoms with E-state index in [-0.39, 0.29) is 0 Å². The Kier molecular flexibility index (Phi) is 4.62. The summed E-state index contributed by atoms with van der Waals surface area (Å²) in [6, 6.07) is 4.00. The van der Waals surface area contributed by atoms with Crippen LogP contribution in [-0.4, -0.2) is 33.7 Å². The normalized spacial score (nSPS) is 12.3. The monoisotopic (exact) mass is 294 g/mol. The molecule has 0 bridgehead atoms. The first-order valence-corrected chi connectivity index (χ1v) is 7.72. The number of hydrogen-bond donors (Lipinski definition) is 1. The molecule has 5 heteroatoms. The zero-order valence-electron chi connectivity index (χ0n) is 12.5. The number of thiophene rings is 1. The minimum absolute atomic E-state index is 0.615. The van der Waals surface area contributed by atoms with Crippen LogP contribution in [0.15, 0.2) is 21.9 Å². The lowest BCUT2D eigenvalue weighted by Gasteiger charge is -2.27. The van der Waals surface area contributed by atoms with Crippen LogP contribution in [-0.2, 0) is 6.54 Å². The first-order chi connectivity index (χ1) is 9.39. The van der Waals surface area contributed by atoms with Crippen LogP contribution in [0.25, 0.3) is 10.8 Å². The van der Waals surface area contributed by atoms with Crippen molar-refractivity contribution in [1.29, 1.82) is 0 Å². The van der Waals surface area contributed by atoms with Crippen LogP contribution >= 0.6 is 11.3 Å². The lowest BCUT2D eigenvalue weighted by atomic mass is 10.1. The summed E-state index contributed by atoms with van der Waals surface area (Å²) in [5, 5.41) is 12.0. The van der Waals surface area contributed by atoms with Crippen molar-refractivity contribution in [2.45, 2.75) is 39.8 Å². The van der Waals surface area contributed by atoms with E-state index >= 15 is 0 Å². The van der Waals surface area contributed by atoms with Crippen molar-refractivity contribution in [3.05, 3.63) is 29.0 Å². The molecule has 2 rings (SSSR count). The molecule has 0 fully saturated rings. The van der Waals surface area contributed by atoms with E-state index in [4.69, 9.17) is 4.42 Å². The van der Waals surface area contributed by atoms with Gasteiger partial charge in [-0.1, -0.05) is 13.0 Å². The van der Waals surface area contributed by atoms with Crippen molar-refractivity contribution >= 4 is 11.3 Å². The minimum atomic E-state index is -0.704. The Morgan fingerprint density at radius 3 is 2.75 bits per heavy atom. The highest BCUT2D eigenvalue weighted by Gasteiger charge is 2.20. The average Bonchev–Trinajstić information content (AvgIpc) is 2.97. The summed E-state index contributed by atoms with van der Waals surface area (Å²) in [6.45, 7) is 9.85. The Labute approximate surface area is 124 Å². The summed E-state index contributed by atoms with van der Waals surface area (Å²) in [7, 11) is 0. The van der Waals surface area contributed by atoms with Gasteiger partial charge in [0.15, 0.2) is 0 Å². The first kappa shape index (κ1) is 15.2. The van der Waals surface area contributed by atoms with Crippen LogP contribution in [0.2, 0.25) is 0 Å². The van der Waals surface area contributed by atoms with Crippen molar-refractivity contribution in [2.24, 2.45) is 0 Å². The minimum Gasteiger partial charge on any atom is -0.440 e. The summed E-state index contributed by atoms with van der Waals surface area (Å²) in [4.78, 5) is 7.81. The number of oxazole rings is 1. The molecule has 0 aliphatic rings. The van der Waals surface area contributed by atoms with Crippen molar-refractivity contribution in [2.75, 3.05) is 13.1 Å². The number of hydrogen-bond acceptors (Lipinski definition) is 5. The summed E-state index contributed by atoms with van der Waals surface area (Å²) in [5.41, 5.74) is 0.240. The van der Waals surface area contributed by atoms with Gasteiger partial charge < -0.3 is 9.52 Å². The van der Waals surface area contributed by atoms with Crippen LogP contribution < -0.4 is 0 Å². The van der Waals surface area contributed by atoms with Crippen LogP contribution in [0.4, 0.5) is 0 Å². The van der Waals surface area contributed by atoms with E-state index in [1.165, 1.54) is 0 Å². The fourth-order valence-corrected chi connectivity index (χ4v) is 2.77. The van der Waals surface area contributed by atoms with Gasteiger partial charge in [0.25, 0.3) is 0 Å². The lowest BCUT2D eigenvalue weighted by Crippen LogP contribution is -2.38. The highest BCUT2D eigenvalue weighted by atomic mass is 32.1. The van der Waals surface area contributed by atoms with Crippen molar-refractivity contribution in [1.82, 2.24) is 9.88 Å². The van der Waals surface area contributed by atoms with E-state index in [1.807, 2.05) is 38.3 Å². The standard InChI is InChI=1S/C15H22N2O2S/c1-5-17(10-15(3,4)18)9-12-11(2)19-14(16-12)13-7-6-8-20-13/h6-8,18H,5,9-10H2,1-4H3. The third-order valence-corrected chi connectivity index (χ3v) is 3.91. The van der Waals surface area contributed by atoms with E-state index in [2.05, 4.69) is 16.8 Å². The molecule has 0 aliphatic heterocycles. The number of aliphatic hydroxyl groups is 1. The zero-order valence-corrected chi connectivity index (χ0v) is 13.3. The highest BCUT2D eigenvalue weighted by Crippen LogP contribution is 2.26. The molecule has 20 heavy (non-hydrogen) atoms. The third-order valence-electron chi connectivity index (χ3n) is 3.06. The number of aryl methyl sites for hydroxylation is 1. The largest absolute Gasteiger partial charge is 0.440 e. The van der Waals surface area contributed by atoms with E-state index in [0.29, 0.717) is 19.0 Å². The van der Waals surface area contributed by atoms with E-state index in [1.54, 1.807) is 11.3 Å². The second-order valence-corrected chi connectivity index (χ2v) is 6.56. The highest BCUT2D eigenvalue weighted by molar-refractivity contribution is 7.13. The Morgan fingerprint density at radius 1 is 1.45 bits per heavy atom. The molecule has 0 amide bonds. The lowest BCUT2D eigenvalue weighted by molar-refractivity contribution is 0.0349. The second-order valence-electron chi connectivity index (χ2n) is 5.61. The maximum atomic E-state index is 9.94. The second kappa shape index (κ2) is 6.08. The average molecular weight is 294 g/mol. The fourth-order valence-electron chi connectivity index (χ4n) is 2.12. The van der Waals surface area contributed by atoms with Crippen molar-refractivity contribution < 1.29 is 9.52 Å². The van der Waals surface area contributed by atoms with Gasteiger partial charge in [0.2, 0.25) is 5.89 Å². The van der Waals surface area contributed by atoms with Gasteiger partial charge in [0.05, 0.1) is 16.2 Å². The maximum absolute atomic E-state index is 9.94. The molecule has 0 radical (unpaired) electrons. The molecule has 1 N–H and O–H groups in total. The Hall–Kier alpha value is -1.17. The molecular weight excluding hydrogens is 272 g/mol. The first-order valence-electron chi connectivity index (χ1n) is 6.84. The molecule has 0 aliphatic carbocycles. The Balaban J connectivity index is 2.13. The molecule has 0 spiro atoms. The van der Waals surface area contributed by atoms with Gasteiger partial charge in [-0.2, -0.15) is 0 Å². The SMILES string of the molecule is CCN(Cc1nc(-c2cccs2)oc1C)CC(C)(C)O. The summed E-state index contributed by atoms with van der Waals surface area (Å²) in [6.07, 6.45) is 0. The summed E-state index contributed by atoms with van der Waals surface area (Å²) >= 11 is 1.62. The molecule has 0 saturated heterocycles. The van der Waals surface area contributed by atoms with Crippen molar-refractivity contribution in [3.63, 3.8) is 0 Å². The van der Waals surface area contributed by atoms with Crippen molar-refractivity contribution in [3.8, 4) is 10.8 Å². The predicted octanol–water partition coefficient (Wildman–Crippen LogP) is 3.30. The molecule has 2 aromatic heterocycles. The predicted molar refractivity (Wildman–Crippen MR) is 81.8 cm³/mol. The molecule has 110 valence electrons. The topological polar surface area (TPSA) is 49.5 Å². The number of rotatable bonds is 6. The molecule has 0 atom stereocenters. The number of likely N-dealkylation sites (N-methyl/N-ethyl adjacent to an activating group) is 1. The fraction of sp³-hybridized carbons (Fsp3) is 0.533. The maximum Gasteiger partial charge on any atom is 0.236 e. The van der Waals surface area contributed by atoms with Crippen LogP contribution in [0.5, 0.6) is 0 Å². The van der Waals surface area contributed by atoms with Crippen LogP contribution in [0.3, 0.4) is 0 Å². The van der Waals surface area contributed by atoms with Gasteiger partial charge >= 0.3 is 0 Å². The van der Waals surface area contributed by atoms with Crippen LogP contribution in [0, 0.1) is 6.92 Å². The zero-order chi connectivity index (χ0) is 14.8. The number of aromatic nitrogens is 1. The van der Waals surface area contributed by atoms with Gasteiger partial charge in [0.1, 0.15) is 5.76 Å². The smallest absolute Gasteiger partial charge is 0.236 e. The third kappa shape index (κ3) is 3.91. The molecule has 2 aromatic rings. The molecule has 0 saturated carbocycles. The van der Waals surface area contributed by atoms with E-state index in [0.717, 1.165) is 22.9 Å². The van der Waals surface area contributed by atoms with Crippen LogP contribution in [0.1, 0.15) is 32.2 Å².